The molecule has 112 valence electrons. The number of nitrogens with one attached hydrogen (secondary N) is 1. The summed E-state index contributed by atoms with van der Waals surface area (Å²) >= 11 is 0. The molecule has 2 nitrogen and oxygen atoms in total. The number of benzene rings is 2. The van der Waals surface area contributed by atoms with Crippen LogP contribution in [0.2, 0.25) is 0 Å². The highest BCUT2D eigenvalue weighted by Crippen LogP contribution is 2.17. The first kappa shape index (κ1) is 15.7. The lowest BCUT2D eigenvalue weighted by Gasteiger charge is -2.19. The van der Waals surface area contributed by atoms with Crippen LogP contribution in [-0.4, -0.2) is 6.04 Å². The maximum Gasteiger partial charge on any atom is 0.0291 e. The summed E-state index contributed by atoms with van der Waals surface area (Å²) in [6.07, 6.45) is 1.91. The van der Waals surface area contributed by atoms with Gasteiger partial charge in [0.25, 0.3) is 0 Å². The van der Waals surface area contributed by atoms with E-state index >= 15 is 0 Å². The fourth-order valence-corrected chi connectivity index (χ4v) is 2.76. The Bertz CT molecular complexity index is 563. The van der Waals surface area contributed by atoms with Gasteiger partial charge in [0.05, 0.1) is 0 Å². The van der Waals surface area contributed by atoms with Crippen molar-refractivity contribution in [3.05, 3.63) is 69.8 Å². The van der Waals surface area contributed by atoms with Gasteiger partial charge in [0, 0.05) is 6.04 Å². The Balaban J connectivity index is 2.16. The molecular formula is C19H26N2. The summed E-state index contributed by atoms with van der Waals surface area (Å²) in [6, 6.07) is 13.5. The maximum atomic E-state index is 5.79. The van der Waals surface area contributed by atoms with E-state index in [-0.39, 0.29) is 6.04 Å². The number of hydrogen-bond donors (Lipinski definition) is 2. The van der Waals surface area contributed by atoms with Gasteiger partial charge in [-0.3, -0.25) is 11.3 Å². The lowest BCUT2D eigenvalue weighted by atomic mass is 9.93. The molecule has 0 aromatic heterocycles. The molecule has 2 rings (SSSR count). The first-order chi connectivity index (χ1) is 9.99. The average molecular weight is 282 g/mol. The Morgan fingerprint density at radius 1 is 0.810 bits per heavy atom. The van der Waals surface area contributed by atoms with Crippen LogP contribution < -0.4 is 11.3 Å². The summed E-state index contributed by atoms with van der Waals surface area (Å²) in [4.78, 5) is 0. The van der Waals surface area contributed by atoms with Crippen molar-refractivity contribution in [3.8, 4) is 0 Å². The molecule has 0 atom stereocenters. The third-order valence-corrected chi connectivity index (χ3v) is 4.18. The van der Waals surface area contributed by atoms with Crippen LogP contribution in [0.4, 0.5) is 0 Å². The number of hydrazine groups is 1. The van der Waals surface area contributed by atoms with Gasteiger partial charge in [-0.1, -0.05) is 47.5 Å². The van der Waals surface area contributed by atoms with E-state index in [0.29, 0.717) is 0 Å². The minimum absolute atomic E-state index is 0.256. The standard InChI is InChI=1S/C19H26N2/c1-13-5-7-15(3)17(9-13)11-19(21-20)12-18-10-14(2)6-8-16(18)4/h5-10,19,21H,11-12,20H2,1-4H3. The van der Waals surface area contributed by atoms with E-state index in [2.05, 4.69) is 69.5 Å². The number of nitrogens with two attached hydrogens (primary N) is 1. The molecule has 0 saturated heterocycles. The Labute approximate surface area is 128 Å². The van der Waals surface area contributed by atoms with Crippen LogP contribution in [0.25, 0.3) is 0 Å². The zero-order valence-corrected chi connectivity index (χ0v) is 13.5. The van der Waals surface area contributed by atoms with Gasteiger partial charge in [-0.2, -0.15) is 0 Å². The van der Waals surface area contributed by atoms with Crippen molar-refractivity contribution in [1.29, 1.82) is 0 Å². The van der Waals surface area contributed by atoms with Crippen LogP contribution in [0.1, 0.15) is 33.4 Å². The van der Waals surface area contributed by atoms with E-state index in [9.17, 15) is 0 Å². The molecule has 0 fully saturated rings. The molecule has 2 aromatic carbocycles. The third-order valence-electron chi connectivity index (χ3n) is 4.18. The van der Waals surface area contributed by atoms with Gasteiger partial charge >= 0.3 is 0 Å². The molecule has 0 bridgehead atoms. The number of hydrogen-bond acceptors (Lipinski definition) is 2. The molecular weight excluding hydrogens is 256 g/mol. The Hall–Kier alpha value is -1.64. The second kappa shape index (κ2) is 6.88. The zero-order valence-electron chi connectivity index (χ0n) is 13.5. The van der Waals surface area contributed by atoms with Gasteiger partial charge in [0.2, 0.25) is 0 Å². The van der Waals surface area contributed by atoms with Gasteiger partial charge < -0.3 is 0 Å². The van der Waals surface area contributed by atoms with Crippen LogP contribution in [-0.2, 0) is 12.8 Å². The molecule has 2 heteroatoms. The highest BCUT2D eigenvalue weighted by atomic mass is 15.2. The largest absolute Gasteiger partial charge is 0.271 e. The van der Waals surface area contributed by atoms with Crippen LogP contribution in [0, 0.1) is 27.7 Å². The molecule has 0 radical (unpaired) electrons. The van der Waals surface area contributed by atoms with E-state index in [1.807, 2.05) is 0 Å². The average Bonchev–Trinajstić information content (AvgIpc) is 2.45. The summed E-state index contributed by atoms with van der Waals surface area (Å²) in [5, 5.41) is 0. The second-order valence-corrected chi connectivity index (χ2v) is 6.13. The SMILES string of the molecule is Cc1ccc(C)c(CC(Cc2cc(C)ccc2C)NN)c1. The van der Waals surface area contributed by atoms with Gasteiger partial charge in [-0.05, 0) is 62.8 Å². The predicted molar refractivity (Wildman–Crippen MR) is 90.4 cm³/mol. The van der Waals surface area contributed by atoms with Gasteiger partial charge in [-0.25, -0.2) is 0 Å². The highest BCUT2D eigenvalue weighted by molar-refractivity contribution is 5.33. The monoisotopic (exact) mass is 282 g/mol. The van der Waals surface area contributed by atoms with E-state index in [1.54, 1.807) is 0 Å². The first-order valence-electron chi connectivity index (χ1n) is 7.58. The molecule has 0 amide bonds. The van der Waals surface area contributed by atoms with Gasteiger partial charge in [0.1, 0.15) is 0 Å². The topological polar surface area (TPSA) is 38.0 Å². The molecule has 0 heterocycles. The van der Waals surface area contributed by atoms with Crippen molar-refractivity contribution in [2.24, 2.45) is 5.84 Å². The van der Waals surface area contributed by atoms with Gasteiger partial charge in [-0.15, -0.1) is 0 Å². The molecule has 3 N–H and O–H groups in total. The van der Waals surface area contributed by atoms with Crippen LogP contribution in [0.15, 0.2) is 36.4 Å². The van der Waals surface area contributed by atoms with Gasteiger partial charge in [0.15, 0.2) is 0 Å². The van der Waals surface area contributed by atoms with Crippen LogP contribution in [0.5, 0.6) is 0 Å². The Morgan fingerprint density at radius 3 is 1.62 bits per heavy atom. The number of aryl methyl sites for hydroxylation is 4. The molecule has 0 aliphatic rings. The molecule has 0 spiro atoms. The van der Waals surface area contributed by atoms with Crippen molar-refractivity contribution in [1.82, 2.24) is 5.43 Å². The summed E-state index contributed by atoms with van der Waals surface area (Å²) in [5.74, 6) is 5.79. The van der Waals surface area contributed by atoms with E-state index < -0.39 is 0 Å². The fraction of sp³-hybridized carbons (Fsp3) is 0.368. The first-order valence-corrected chi connectivity index (χ1v) is 7.58. The smallest absolute Gasteiger partial charge is 0.0291 e. The normalized spacial score (nSPS) is 11.1. The Morgan fingerprint density at radius 2 is 1.24 bits per heavy atom. The highest BCUT2D eigenvalue weighted by Gasteiger charge is 2.12. The molecule has 2 aromatic rings. The van der Waals surface area contributed by atoms with E-state index in [1.165, 1.54) is 33.4 Å². The second-order valence-electron chi connectivity index (χ2n) is 6.13. The molecule has 0 unspecified atom stereocenters. The molecule has 21 heavy (non-hydrogen) atoms. The van der Waals surface area contributed by atoms with Crippen molar-refractivity contribution in [3.63, 3.8) is 0 Å². The minimum Gasteiger partial charge on any atom is -0.271 e. The lowest BCUT2D eigenvalue weighted by molar-refractivity contribution is 0.520. The van der Waals surface area contributed by atoms with Crippen LogP contribution >= 0.6 is 0 Å². The third kappa shape index (κ3) is 4.16. The molecule has 0 aliphatic heterocycles. The minimum atomic E-state index is 0.256. The number of rotatable bonds is 5. The maximum absolute atomic E-state index is 5.79. The summed E-state index contributed by atoms with van der Waals surface area (Å²) in [5.41, 5.74) is 11.0. The molecule has 0 aliphatic carbocycles. The summed E-state index contributed by atoms with van der Waals surface area (Å²) < 4.78 is 0. The van der Waals surface area contributed by atoms with E-state index in [0.717, 1.165) is 12.8 Å². The van der Waals surface area contributed by atoms with Crippen molar-refractivity contribution >= 4 is 0 Å². The quantitative estimate of drug-likeness (QED) is 0.650. The zero-order chi connectivity index (χ0) is 15.4. The summed E-state index contributed by atoms with van der Waals surface area (Å²) in [7, 11) is 0. The van der Waals surface area contributed by atoms with E-state index in [4.69, 9.17) is 5.84 Å². The molecule has 0 saturated carbocycles. The Kier molecular flexibility index (Phi) is 5.16. The van der Waals surface area contributed by atoms with Crippen molar-refractivity contribution in [2.45, 2.75) is 46.6 Å². The lowest BCUT2D eigenvalue weighted by Crippen LogP contribution is -2.38. The van der Waals surface area contributed by atoms with Crippen LogP contribution in [0.3, 0.4) is 0 Å². The predicted octanol–water partition coefficient (Wildman–Crippen LogP) is 3.54. The van der Waals surface area contributed by atoms with Crippen molar-refractivity contribution < 1.29 is 0 Å². The van der Waals surface area contributed by atoms with Crippen molar-refractivity contribution in [2.75, 3.05) is 0 Å². The summed E-state index contributed by atoms with van der Waals surface area (Å²) in [6.45, 7) is 8.61. The fourth-order valence-electron chi connectivity index (χ4n) is 2.76.